The molecule has 3 aliphatic rings. The third-order valence-corrected chi connectivity index (χ3v) is 5.42. The number of fused-ring (bicyclic) bond motifs is 5. The van der Waals surface area contributed by atoms with Crippen LogP contribution in [0.1, 0.15) is 15.9 Å². The highest BCUT2D eigenvalue weighted by Gasteiger charge is 2.61. The van der Waals surface area contributed by atoms with Crippen LogP contribution in [0.15, 0.2) is 30.4 Å². The molecule has 0 spiro atoms. The Bertz CT molecular complexity index is 775. The molecule has 7 heteroatoms. The van der Waals surface area contributed by atoms with Gasteiger partial charge in [-0.1, -0.05) is 24.3 Å². The molecule has 5 atom stereocenters. The maximum Gasteiger partial charge on any atom is 0.236 e. The minimum Gasteiger partial charge on any atom is -0.491 e. The number of nitrogens with two attached hydrogens (primary N) is 1. The lowest BCUT2D eigenvalue weighted by molar-refractivity contribution is -0.145. The van der Waals surface area contributed by atoms with Gasteiger partial charge < -0.3 is 15.2 Å². The molecule has 1 aromatic rings. The van der Waals surface area contributed by atoms with E-state index in [9.17, 15) is 14.4 Å². The van der Waals surface area contributed by atoms with Crippen LogP contribution in [-0.2, 0) is 14.3 Å². The average Bonchev–Trinajstić information content (AvgIpc) is 3.31. The monoisotopic (exact) mass is 356 g/mol. The van der Waals surface area contributed by atoms with Crippen LogP contribution < -0.4 is 10.5 Å². The quantitative estimate of drug-likeness (QED) is 0.451. The number of hydrogen-bond donors (Lipinski definition) is 1. The van der Waals surface area contributed by atoms with E-state index >= 15 is 0 Å². The topological polar surface area (TPSA) is 98.9 Å². The number of imide groups is 1. The summed E-state index contributed by atoms with van der Waals surface area (Å²) in [7, 11) is 0. The molecule has 0 saturated carbocycles. The van der Waals surface area contributed by atoms with Crippen LogP contribution in [0, 0.1) is 18.8 Å². The highest BCUT2D eigenvalue weighted by molar-refractivity contribution is 6.07. The lowest BCUT2D eigenvalue weighted by atomic mass is 9.85. The van der Waals surface area contributed by atoms with Gasteiger partial charge in [0, 0.05) is 6.54 Å². The van der Waals surface area contributed by atoms with Crippen molar-refractivity contribution in [2.75, 3.05) is 13.2 Å². The van der Waals surface area contributed by atoms with Gasteiger partial charge in [-0.25, -0.2) is 0 Å². The van der Waals surface area contributed by atoms with Gasteiger partial charge in [-0.05, 0) is 18.6 Å². The number of ether oxygens (including phenoxy) is 2. The zero-order chi connectivity index (χ0) is 18.4. The predicted octanol–water partition coefficient (Wildman–Crippen LogP) is 0.452. The summed E-state index contributed by atoms with van der Waals surface area (Å²) in [5, 5.41) is 0. The van der Waals surface area contributed by atoms with Crippen molar-refractivity contribution in [2.24, 2.45) is 17.6 Å². The minimum absolute atomic E-state index is 0.0430. The van der Waals surface area contributed by atoms with Crippen molar-refractivity contribution in [1.29, 1.82) is 0 Å². The Hall–Kier alpha value is -2.51. The molecule has 2 N–H and O–H groups in total. The van der Waals surface area contributed by atoms with Gasteiger partial charge >= 0.3 is 0 Å². The van der Waals surface area contributed by atoms with Crippen molar-refractivity contribution >= 4 is 18.1 Å². The van der Waals surface area contributed by atoms with Crippen molar-refractivity contribution in [2.45, 2.75) is 25.2 Å². The summed E-state index contributed by atoms with van der Waals surface area (Å²) in [5.74, 6) is -1.01. The molecule has 3 aliphatic heterocycles. The minimum atomic E-state index is -0.583. The van der Waals surface area contributed by atoms with Crippen molar-refractivity contribution in [1.82, 2.24) is 4.90 Å². The lowest BCUT2D eigenvalue weighted by Crippen LogP contribution is -2.49. The summed E-state index contributed by atoms with van der Waals surface area (Å²) in [6.45, 7) is 1.94. The predicted molar refractivity (Wildman–Crippen MR) is 91.5 cm³/mol. The summed E-state index contributed by atoms with van der Waals surface area (Å²) in [6, 6.07) is 4.70. The Morgan fingerprint density at radius 2 is 1.88 bits per heavy atom. The summed E-state index contributed by atoms with van der Waals surface area (Å²) < 4.78 is 11.4. The van der Waals surface area contributed by atoms with Gasteiger partial charge in [-0.15, -0.1) is 0 Å². The fourth-order valence-electron chi connectivity index (χ4n) is 4.05. The largest absolute Gasteiger partial charge is 0.491 e. The fraction of sp³-hybridized carbons (Fsp3) is 0.421. The van der Waals surface area contributed by atoms with Crippen LogP contribution in [0.4, 0.5) is 0 Å². The van der Waals surface area contributed by atoms with Crippen LogP contribution in [-0.4, -0.2) is 54.4 Å². The summed E-state index contributed by atoms with van der Waals surface area (Å²) >= 11 is 0. The first-order valence-corrected chi connectivity index (χ1v) is 8.65. The van der Waals surface area contributed by atoms with Gasteiger partial charge in [0.25, 0.3) is 0 Å². The molecule has 136 valence electrons. The summed E-state index contributed by atoms with van der Waals surface area (Å²) in [4.78, 5) is 38.1. The maximum atomic E-state index is 12.8. The van der Waals surface area contributed by atoms with Gasteiger partial charge in [-0.2, -0.15) is 0 Å². The van der Waals surface area contributed by atoms with E-state index in [1.165, 1.54) is 4.90 Å². The summed E-state index contributed by atoms with van der Waals surface area (Å²) in [5.41, 5.74) is 7.08. The number of carbonyl (C=O) groups excluding carboxylic acids is 3. The Kier molecular flexibility index (Phi) is 4.13. The molecule has 0 aromatic heterocycles. The van der Waals surface area contributed by atoms with Gasteiger partial charge in [0.15, 0.2) is 6.29 Å². The average molecular weight is 356 g/mol. The van der Waals surface area contributed by atoms with Crippen LogP contribution >= 0.6 is 0 Å². The molecule has 4 rings (SSSR count). The summed E-state index contributed by atoms with van der Waals surface area (Å²) in [6.07, 6.45) is 3.77. The Morgan fingerprint density at radius 3 is 2.46 bits per heavy atom. The standard InChI is InChI=1S/C19H20N2O5/c1-10-3-2-4-13(12(10)8-22)25-9-11(7-20)21-18(23)16-14-5-6-15(26-14)17(16)19(21)24/h2-6,8,11,14-17H,7,9,20H2,1H3/t11?,14-,15+,16-,17+. The normalized spacial score (nSPS) is 30.0. The highest BCUT2D eigenvalue weighted by Crippen LogP contribution is 2.45. The molecule has 1 aromatic carbocycles. The molecule has 2 bridgehead atoms. The second kappa shape index (κ2) is 6.34. The zero-order valence-electron chi connectivity index (χ0n) is 14.3. The maximum absolute atomic E-state index is 12.8. The Balaban J connectivity index is 1.52. The first-order valence-electron chi connectivity index (χ1n) is 8.65. The molecule has 26 heavy (non-hydrogen) atoms. The fourth-order valence-corrected chi connectivity index (χ4v) is 4.05. The Morgan fingerprint density at radius 1 is 1.23 bits per heavy atom. The molecule has 3 heterocycles. The molecular weight excluding hydrogens is 336 g/mol. The molecule has 0 aliphatic carbocycles. The molecule has 0 radical (unpaired) electrons. The van der Waals surface area contributed by atoms with Gasteiger partial charge in [0.1, 0.15) is 12.4 Å². The van der Waals surface area contributed by atoms with E-state index in [0.29, 0.717) is 11.3 Å². The zero-order valence-corrected chi connectivity index (χ0v) is 14.3. The van der Waals surface area contributed by atoms with E-state index in [-0.39, 0.29) is 37.2 Å². The van der Waals surface area contributed by atoms with E-state index in [1.807, 2.05) is 25.1 Å². The molecule has 1 unspecified atom stereocenters. The number of hydrogen-bond acceptors (Lipinski definition) is 6. The van der Waals surface area contributed by atoms with E-state index in [4.69, 9.17) is 15.2 Å². The third-order valence-electron chi connectivity index (χ3n) is 5.42. The number of benzene rings is 1. The van der Waals surface area contributed by atoms with E-state index in [0.717, 1.165) is 11.8 Å². The van der Waals surface area contributed by atoms with E-state index in [2.05, 4.69) is 0 Å². The SMILES string of the molecule is Cc1cccc(OCC(CN)N2C(=O)[C@@H]3[C@H](C2=O)[C@H]2C=C[C@@H]3O2)c1C=O. The Labute approximate surface area is 150 Å². The van der Waals surface area contributed by atoms with Crippen molar-refractivity contribution in [3.05, 3.63) is 41.5 Å². The van der Waals surface area contributed by atoms with Crippen molar-refractivity contribution < 1.29 is 23.9 Å². The van der Waals surface area contributed by atoms with Crippen LogP contribution in [0.2, 0.25) is 0 Å². The van der Waals surface area contributed by atoms with Crippen LogP contribution in [0.5, 0.6) is 5.75 Å². The second-order valence-electron chi connectivity index (χ2n) is 6.85. The number of nitrogens with zero attached hydrogens (tertiary/aromatic N) is 1. The first kappa shape index (κ1) is 16.9. The number of carbonyl (C=O) groups is 3. The number of rotatable bonds is 6. The molecular formula is C19H20N2O5. The molecule has 2 fully saturated rings. The third kappa shape index (κ3) is 2.39. The van der Waals surface area contributed by atoms with Gasteiger partial charge in [0.05, 0.1) is 35.6 Å². The number of aldehydes is 1. The van der Waals surface area contributed by atoms with Crippen LogP contribution in [0.25, 0.3) is 0 Å². The highest BCUT2D eigenvalue weighted by atomic mass is 16.5. The van der Waals surface area contributed by atoms with Gasteiger partial charge in [0.2, 0.25) is 11.8 Å². The first-order chi connectivity index (χ1) is 12.6. The number of aryl methyl sites for hydroxylation is 1. The van der Waals surface area contributed by atoms with Gasteiger partial charge in [-0.3, -0.25) is 19.3 Å². The smallest absolute Gasteiger partial charge is 0.236 e. The van der Waals surface area contributed by atoms with E-state index in [1.54, 1.807) is 12.1 Å². The number of amides is 2. The number of likely N-dealkylation sites (tertiary alicyclic amines) is 1. The molecule has 7 nitrogen and oxygen atoms in total. The van der Waals surface area contributed by atoms with E-state index < -0.39 is 17.9 Å². The second-order valence-corrected chi connectivity index (χ2v) is 6.85. The molecule has 2 saturated heterocycles. The van der Waals surface area contributed by atoms with Crippen molar-refractivity contribution in [3.8, 4) is 5.75 Å². The molecule has 2 amide bonds. The van der Waals surface area contributed by atoms with Crippen molar-refractivity contribution in [3.63, 3.8) is 0 Å². The lowest BCUT2D eigenvalue weighted by Gasteiger charge is -2.27. The van der Waals surface area contributed by atoms with Crippen LogP contribution in [0.3, 0.4) is 0 Å².